The van der Waals surface area contributed by atoms with Gasteiger partial charge in [0.25, 0.3) is 0 Å². The van der Waals surface area contributed by atoms with Crippen molar-refractivity contribution in [1.82, 2.24) is 9.97 Å². The molecule has 0 aromatic carbocycles. The molecule has 0 bridgehead atoms. The first-order valence-electron chi connectivity index (χ1n) is 8.67. The van der Waals surface area contributed by atoms with Gasteiger partial charge in [-0.05, 0) is 52.0 Å². The van der Waals surface area contributed by atoms with Crippen LogP contribution in [0.4, 0.5) is 0 Å². The zero-order valence-electron chi connectivity index (χ0n) is 15.4. The fraction of sp³-hybridized carbons (Fsp3) is 0.300. The lowest BCUT2D eigenvalue weighted by atomic mass is 9.85. The lowest BCUT2D eigenvalue weighted by Gasteiger charge is -2.32. The van der Waals surface area contributed by atoms with E-state index in [0.717, 1.165) is 22.5 Å². The number of pyridine rings is 2. The van der Waals surface area contributed by atoms with Gasteiger partial charge in [-0.25, -0.2) is 0 Å². The van der Waals surface area contributed by atoms with Crippen molar-refractivity contribution >= 4 is 12.8 Å². The van der Waals surface area contributed by atoms with Crippen LogP contribution in [0.3, 0.4) is 0 Å². The van der Waals surface area contributed by atoms with E-state index in [-0.39, 0.29) is 0 Å². The van der Waals surface area contributed by atoms with Crippen LogP contribution in [0.25, 0.3) is 22.5 Å². The number of aromatic nitrogens is 2. The van der Waals surface area contributed by atoms with Gasteiger partial charge in [-0.15, -0.1) is 0 Å². The summed E-state index contributed by atoms with van der Waals surface area (Å²) in [5, 5.41) is 0. The van der Waals surface area contributed by atoms with Crippen molar-refractivity contribution in [1.29, 1.82) is 0 Å². The third-order valence-corrected chi connectivity index (χ3v) is 5.15. The normalized spacial score (nSPS) is 18.2. The van der Waals surface area contributed by atoms with Crippen LogP contribution in [0.5, 0.6) is 0 Å². The fourth-order valence-electron chi connectivity index (χ4n) is 2.94. The summed E-state index contributed by atoms with van der Waals surface area (Å²) in [6, 6.07) is 9.75. The predicted octanol–water partition coefficient (Wildman–Crippen LogP) is 3.70. The monoisotopic (exact) mass is 348 g/mol. The first kappa shape index (κ1) is 17.0. The van der Waals surface area contributed by atoms with E-state index in [4.69, 9.17) is 13.7 Å². The summed E-state index contributed by atoms with van der Waals surface area (Å²) in [6.45, 7) is 8.12. The van der Waals surface area contributed by atoms with Gasteiger partial charge < -0.3 is 13.7 Å². The Kier molecular flexibility index (Phi) is 3.97. The van der Waals surface area contributed by atoms with Crippen molar-refractivity contribution in [2.75, 3.05) is 0 Å². The van der Waals surface area contributed by atoms with Crippen molar-refractivity contribution in [3.63, 3.8) is 0 Å². The first-order valence-corrected chi connectivity index (χ1v) is 8.67. The van der Waals surface area contributed by atoms with Gasteiger partial charge in [0.05, 0.1) is 11.2 Å². The molecule has 0 atom stereocenters. The quantitative estimate of drug-likeness (QED) is 0.676. The van der Waals surface area contributed by atoms with Gasteiger partial charge in [-0.1, -0.05) is 6.07 Å². The van der Waals surface area contributed by atoms with Crippen LogP contribution in [0.15, 0.2) is 59.5 Å². The molecule has 3 aromatic rings. The minimum Gasteiger partial charge on any atom is -0.464 e. The molecular formula is C20H21BN2O3. The van der Waals surface area contributed by atoms with Gasteiger partial charge >= 0.3 is 7.12 Å². The highest BCUT2D eigenvalue weighted by molar-refractivity contribution is 6.60. The predicted molar refractivity (Wildman–Crippen MR) is 101 cm³/mol. The summed E-state index contributed by atoms with van der Waals surface area (Å²) in [4.78, 5) is 8.32. The number of hydrogen-bond donors (Lipinski definition) is 0. The average molecular weight is 348 g/mol. The zero-order valence-corrected chi connectivity index (χ0v) is 15.4. The molecule has 0 amide bonds. The van der Waals surface area contributed by atoms with E-state index in [1.807, 2.05) is 64.2 Å². The van der Waals surface area contributed by atoms with Crippen molar-refractivity contribution in [2.24, 2.45) is 0 Å². The average Bonchev–Trinajstić information content (AvgIpc) is 3.16. The molecule has 0 aliphatic carbocycles. The molecule has 1 fully saturated rings. The molecule has 3 aromatic heterocycles. The molecule has 0 radical (unpaired) electrons. The highest BCUT2D eigenvalue weighted by atomic mass is 16.7. The number of hydrogen-bond acceptors (Lipinski definition) is 5. The third kappa shape index (κ3) is 2.85. The summed E-state index contributed by atoms with van der Waals surface area (Å²) < 4.78 is 18.5. The maximum absolute atomic E-state index is 6.22. The fourth-order valence-corrected chi connectivity index (χ4v) is 2.94. The summed E-state index contributed by atoms with van der Waals surface area (Å²) in [5.41, 5.74) is 2.68. The van der Waals surface area contributed by atoms with E-state index >= 15 is 0 Å². The summed E-state index contributed by atoms with van der Waals surface area (Å²) >= 11 is 0. The first-order chi connectivity index (χ1) is 12.4. The van der Waals surface area contributed by atoms with Gasteiger partial charge in [0.15, 0.2) is 0 Å². The highest BCUT2D eigenvalue weighted by Gasteiger charge is 2.53. The van der Waals surface area contributed by atoms with E-state index in [1.54, 1.807) is 18.6 Å². The number of furan rings is 1. The van der Waals surface area contributed by atoms with Crippen LogP contribution in [0.1, 0.15) is 27.7 Å². The molecule has 0 spiro atoms. The van der Waals surface area contributed by atoms with Crippen molar-refractivity contribution < 1.29 is 13.7 Å². The Bertz CT molecular complexity index is 834. The molecule has 132 valence electrons. The van der Waals surface area contributed by atoms with E-state index < -0.39 is 18.3 Å². The molecule has 1 aliphatic heterocycles. The molecule has 6 heteroatoms. The Morgan fingerprint density at radius 3 is 2.15 bits per heavy atom. The molecule has 0 unspecified atom stereocenters. The molecule has 4 heterocycles. The molecular weight excluding hydrogens is 327 g/mol. The van der Waals surface area contributed by atoms with Crippen LogP contribution in [0, 0.1) is 0 Å². The Morgan fingerprint density at radius 2 is 1.54 bits per heavy atom. The standard InChI is InChI=1S/C20H21BN2O3/c1-19(2)20(3,4)26-21(25-19)17-12-16(15-6-5-9-23-13-15)18(24-17)14-7-10-22-11-8-14/h5-13H,1-4H3. The summed E-state index contributed by atoms with van der Waals surface area (Å²) in [5.74, 6) is 0.755. The van der Waals surface area contributed by atoms with E-state index in [9.17, 15) is 0 Å². The maximum Gasteiger partial charge on any atom is 0.532 e. The molecule has 1 aliphatic rings. The SMILES string of the molecule is CC1(C)OB(c2cc(-c3cccnc3)c(-c3ccncc3)o2)OC1(C)C. The van der Waals surface area contributed by atoms with Gasteiger partial charge in [0.1, 0.15) is 11.4 Å². The van der Waals surface area contributed by atoms with Crippen LogP contribution < -0.4 is 5.66 Å². The van der Waals surface area contributed by atoms with E-state index in [1.165, 1.54) is 0 Å². The number of rotatable bonds is 3. The second kappa shape index (κ2) is 6.07. The molecule has 0 saturated carbocycles. The molecule has 26 heavy (non-hydrogen) atoms. The van der Waals surface area contributed by atoms with Crippen molar-refractivity contribution in [3.8, 4) is 22.5 Å². The lowest BCUT2D eigenvalue weighted by Crippen LogP contribution is -2.41. The summed E-state index contributed by atoms with van der Waals surface area (Å²) in [6.07, 6.45) is 7.08. The van der Waals surface area contributed by atoms with E-state index in [0.29, 0.717) is 5.66 Å². The summed E-state index contributed by atoms with van der Waals surface area (Å²) in [7, 11) is -0.550. The second-order valence-corrected chi connectivity index (χ2v) is 7.46. The Morgan fingerprint density at radius 1 is 0.846 bits per heavy atom. The lowest BCUT2D eigenvalue weighted by molar-refractivity contribution is 0.00578. The Hall–Kier alpha value is -2.44. The smallest absolute Gasteiger partial charge is 0.464 e. The molecule has 0 N–H and O–H groups in total. The third-order valence-electron chi connectivity index (χ3n) is 5.15. The van der Waals surface area contributed by atoms with Crippen molar-refractivity contribution in [3.05, 3.63) is 55.1 Å². The van der Waals surface area contributed by atoms with Gasteiger partial charge in [-0.3, -0.25) is 9.97 Å². The Labute approximate surface area is 153 Å². The van der Waals surface area contributed by atoms with Crippen LogP contribution >= 0.6 is 0 Å². The molecule has 5 nitrogen and oxygen atoms in total. The zero-order chi connectivity index (χ0) is 18.4. The largest absolute Gasteiger partial charge is 0.532 e. The Balaban J connectivity index is 1.80. The maximum atomic E-state index is 6.22. The highest BCUT2D eigenvalue weighted by Crippen LogP contribution is 2.38. The van der Waals surface area contributed by atoms with Crippen LogP contribution in [-0.4, -0.2) is 28.3 Å². The topological polar surface area (TPSA) is 57.4 Å². The minimum absolute atomic E-state index is 0.421. The van der Waals surface area contributed by atoms with Gasteiger partial charge in [0, 0.05) is 41.5 Å². The second-order valence-electron chi connectivity index (χ2n) is 7.46. The van der Waals surface area contributed by atoms with Crippen LogP contribution in [0.2, 0.25) is 0 Å². The van der Waals surface area contributed by atoms with Gasteiger partial charge in [0.2, 0.25) is 0 Å². The van der Waals surface area contributed by atoms with E-state index in [2.05, 4.69) is 9.97 Å². The number of nitrogens with zero attached hydrogens (tertiary/aromatic N) is 2. The van der Waals surface area contributed by atoms with Crippen LogP contribution in [-0.2, 0) is 9.31 Å². The molecule has 4 rings (SSSR count). The van der Waals surface area contributed by atoms with Crippen molar-refractivity contribution in [2.45, 2.75) is 38.9 Å². The minimum atomic E-state index is -0.550. The van der Waals surface area contributed by atoms with Gasteiger partial charge in [-0.2, -0.15) is 0 Å². The molecule has 1 saturated heterocycles.